The van der Waals surface area contributed by atoms with Crippen LogP contribution in [0.15, 0.2) is 0 Å². The van der Waals surface area contributed by atoms with Crippen LogP contribution in [0.4, 0.5) is 4.79 Å². The van der Waals surface area contributed by atoms with Gasteiger partial charge in [-0.3, -0.25) is 14.5 Å². The third kappa shape index (κ3) is 4.22. The normalized spacial score (nSPS) is 18.9. The highest BCUT2D eigenvalue weighted by Gasteiger charge is 2.42. The van der Waals surface area contributed by atoms with Gasteiger partial charge in [-0.2, -0.15) is 0 Å². The van der Waals surface area contributed by atoms with E-state index in [1.54, 1.807) is 34.9 Å². The van der Waals surface area contributed by atoms with Gasteiger partial charge in [-0.15, -0.1) is 0 Å². The number of amides is 2. The Morgan fingerprint density at radius 2 is 1.95 bits per heavy atom. The quantitative estimate of drug-likeness (QED) is 0.768. The number of carbonyl (C=O) groups excluding carboxylic acids is 3. The summed E-state index contributed by atoms with van der Waals surface area (Å²) in [5.41, 5.74) is -0.584. The summed E-state index contributed by atoms with van der Waals surface area (Å²) in [7, 11) is 3.33. The van der Waals surface area contributed by atoms with Crippen molar-refractivity contribution in [2.45, 2.75) is 45.3 Å². The second-order valence-corrected chi connectivity index (χ2v) is 5.92. The number of hydrogen-bond donors (Lipinski definition) is 0. The van der Waals surface area contributed by atoms with Crippen LogP contribution in [0.5, 0.6) is 0 Å². The van der Waals surface area contributed by atoms with E-state index >= 15 is 0 Å². The highest BCUT2D eigenvalue weighted by Crippen LogP contribution is 2.22. The third-order valence-electron chi connectivity index (χ3n) is 2.83. The molecule has 1 rings (SSSR count). The molecule has 1 saturated heterocycles. The zero-order valence-electron chi connectivity index (χ0n) is 12.2. The maximum absolute atomic E-state index is 11.8. The summed E-state index contributed by atoms with van der Waals surface area (Å²) in [6, 6.07) is -0.515. The molecule has 0 aliphatic carbocycles. The van der Waals surface area contributed by atoms with Gasteiger partial charge < -0.3 is 9.64 Å². The smallest absolute Gasteiger partial charge is 0.411 e. The van der Waals surface area contributed by atoms with Gasteiger partial charge in [0.15, 0.2) is 5.78 Å². The van der Waals surface area contributed by atoms with Crippen molar-refractivity contribution >= 4 is 17.8 Å². The second kappa shape index (κ2) is 5.59. The molecule has 0 N–H and O–H groups in total. The first-order chi connectivity index (χ1) is 8.61. The maximum Gasteiger partial charge on any atom is 0.411 e. The summed E-state index contributed by atoms with van der Waals surface area (Å²) in [5, 5.41) is 0. The first kappa shape index (κ1) is 15.5. The van der Waals surface area contributed by atoms with Crippen LogP contribution in [0.25, 0.3) is 0 Å². The van der Waals surface area contributed by atoms with Gasteiger partial charge in [0, 0.05) is 20.5 Å². The number of ether oxygens (including phenoxy) is 1. The van der Waals surface area contributed by atoms with Crippen LogP contribution < -0.4 is 0 Å². The lowest BCUT2D eigenvalue weighted by Crippen LogP contribution is -2.60. The first-order valence-electron chi connectivity index (χ1n) is 6.34. The van der Waals surface area contributed by atoms with Crippen LogP contribution in [-0.2, 0) is 14.3 Å². The summed E-state index contributed by atoms with van der Waals surface area (Å²) in [6.07, 6.45) is 0.118. The summed E-state index contributed by atoms with van der Waals surface area (Å²) in [4.78, 5) is 37.7. The molecule has 19 heavy (non-hydrogen) atoms. The third-order valence-corrected chi connectivity index (χ3v) is 2.83. The molecule has 0 aromatic carbocycles. The standard InChI is InChI=1S/C13H22N2O4/c1-13(2,3)19-12(18)15-8-10(16)9(15)6-7-11(17)14(4)5/h9H,6-8H2,1-5H3/t9-/m0/s1. The summed E-state index contributed by atoms with van der Waals surface area (Å²) in [5.74, 6) is -0.0683. The zero-order valence-corrected chi connectivity index (χ0v) is 12.2. The van der Waals surface area contributed by atoms with E-state index in [4.69, 9.17) is 4.74 Å². The Labute approximate surface area is 113 Å². The molecule has 108 valence electrons. The van der Waals surface area contributed by atoms with E-state index in [2.05, 4.69) is 0 Å². The molecule has 0 radical (unpaired) electrons. The molecule has 0 bridgehead atoms. The predicted molar refractivity (Wildman–Crippen MR) is 69.7 cm³/mol. The monoisotopic (exact) mass is 270 g/mol. The molecule has 1 aliphatic rings. The fourth-order valence-electron chi connectivity index (χ4n) is 1.76. The molecule has 1 atom stereocenters. The van der Waals surface area contributed by atoms with E-state index in [-0.39, 0.29) is 24.7 Å². The van der Waals surface area contributed by atoms with E-state index in [1.165, 1.54) is 9.80 Å². The summed E-state index contributed by atoms with van der Waals surface area (Å²) in [6.45, 7) is 5.40. The number of nitrogens with zero attached hydrogens (tertiary/aromatic N) is 2. The molecule has 2 amide bonds. The number of rotatable bonds is 3. The van der Waals surface area contributed by atoms with E-state index in [0.29, 0.717) is 6.42 Å². The molecule has 6 nitrogen and oxygen atoms in total. The van der Waals surface area contributed by atoms with E-state index in [9.17, 15) is 14.4 Å². The van der Waals surface area contributed by atoms with Gasteiger partial charge in [-0.1, -0.05) is 0 Å². The fraction of sp³-hybridized carbons (Fsp3) is 0.769. The van der Waals surface area contributed by atoms with Crippen molar-refractivity contribution in [1.82, 2.24) is 9.80 Å². The molecule has 0 unspecified atom stereocenters. The lowest BCUT2D eigenvalue weighted by Gasteiger charge is -2.39. The van der Waals surface area contributed by atoms with E-state index < -0.39 is 17.7 Å². The van der Waals surface area contributed by atoms with Gasteiger partial charge in [0.1, 0.15) is 5.60 Å². The SMILES string of the molecule is CN(C)C(=O)CC[C@H]1C(=O)CN1C(=O)OC(C)(C)C. The van der Waals surface area contributed by atoms with Crippen LogP contribution >= 0.6 is 0 Å². The van der Waals surface area contributed by atoms with Gasteiger partial charge >= 0.3 is 6.09 Å². The van der Waals surface area contributed by atoms with Crippen molar-refractivity contribution in [1.29, 1.82) is 0 Å². The lowest BCUT2D eigenvalue weighted by atomic mass is 9.97. The average molecular weight is 270 g/mol. The molecule has 1 aliphatic heterocycles. The van der Waals surface area contributed by atoms with Crippen LogP contribution in [0.2, 0.25) is 0 Å². The fourth-order valence-corrected chi connectivity index (χ4v) is 1.76. The largest absolute Gasteiger partial charge is 0.444 e. The number of likely N-dealkylation sites (tertiary alicyclic amines) is 1. The highest BCUT2D eigenvalue weighted by molar-refractivity contribution is 5.97. The van der Waals surface area contributed by atoms with Crippen molar-refractivity contribution in [3.8, 4) is 0 Å². The van der Waals surface area contributed by atoms with Gasteiger partial charge in [0.05, 0.1) is 12.6 Å². The van der Waals surface area contributed by atoms with Crippen molar-refractivity contribution in [2.24, 2.45) is 0 Å². The number of carbonyl (C=O) groups is 3. The molecule has 6 heteroatoms. The topological polar surface area (TPSA) is 66.9 Å². The molecular weight excluding hydrogens is 248 g/mol. The maximum atomic E-state index is 11.8. The van der Waals surface area contributed by atoms with Crippen molar-refractivity contribution in [2.75, 3.05) is 20.6 Å². The summed E-state index contributed by atoms with van der Waals surface area (Å²) < 4.78 is 5.21. The number of hydrogen-bond acceptors (Lipinski definition) is 4. The van der Waals surface area contributed by atoms with Gasteiger partial charge in [-0.05, 0) is 27.2 Å². The zero-order chi connectivity index (χ0) is 14.8. The second-order valence-electron chi connectivity index (χ2n) is 5.92. The Morgan fingerprint density at radius 3 is 2.37 bits per heavy atom. The van der Waals surface area contributed by atoms with Gasteiger partial charge in [0.2, 0.25) is 5.91 Å². The highest BCUT2D eigenvalue weighted by atomic mass is 16.6. The van der Waals surface area contributed by atoms with Crippen LogP contribution in [-0.4, -0.2) is 59.9 Å². The van der Waals surface area contributed by atoms with Crippen LogP contribution in [0.3, 0.4) is 0 Å². The Bertz CT molecular complexity index is 385. The van der Waals surface area contributed by atoms with Gasteiger partial charge in [0.25, 0.3) is 0 Å². The average Bonchev–Trinajstić information content (AvgIpc) is 2.22. The van der Waals surface area contributed by atoms with E-state index in [1.807, 2.05) is 0 Å². The van der Waals surface area contributed by atoms with E-state index in [0.717, 1.165) is 0 Å². The Morgan fingerprint density at radius 1 is 1.37 bits per heavy atom. The molecule has 1 heterocycles. The van der Waals surface area contributed by atoms with Gasteiger partial charge in [-0.25, -0.2) is 4.79 Å². The minimum absolute atomic E-state index is 0.0163. The van der Waals surface area contributed by atoms with Crippen molar-refractivity contribution < 1.29 is 19.1 Å². The Balaban J connectivity index is 2.51. The predicted octanol–water partition coefficient (Wildman–Crippen LogP) is 1.04. The van der Waals surface area contributed by atoms with Crippen LogP contribution in [0.1, 0.15) is 33.6 Å². The van der Waals surface area contributed by atoms with Crippen molar-refractivity contribution in [3.05, 3.63) is 0 Å². The van der Waals surface area contributed by atoms with Crippen LogP contribution in [0, 0.1) is 0 Å². The first-order valence-corrected chi connectivity index (χ1v) is 6.34. The van der Waals surface area contributed by atoms with Crippen molar-refractivity contribution in [3.63, 3.8) is 0 Å². The molecule has 0 aromatic heterocycles. The Hall–Kier alpha value is -1.59. The Kier molecular flexibility index (Phi) is 4.55. The molecular formula is C13H22N2O4. The minimum atomic E-state index is -0.584. The number of ketones is 1. The lowest BCUT2D eigenvalue weighted by molar-refractivity contribution is -0.137. The molecule has 1 fully saturated rings. The molecule has 0 spiro atoms. The summed E-state index contributed by atoms with van der Waals surface area (Å²) >= 11 is 0. The molecule has 0 aromatic rings. The minimum Gasteiger partial charge on any atom is -0.444 e. The molecule has 0 saturated carbocycles. The number of Topliss-reactive ketones (excluding diaryl/α,β-unsaturated/α-hetero) is 1.